The third-order valence-electron chi connectivity index (χ3n) is 11.9. The second-order valence-corrected chi connectivity index (χ2v) is 13.5. The summed E-state index contributed by atoms with van der Waals surface area (Å²) in [7, 11) is 3.25. The molecule has 1 aromatic carbocycles. The fourth-order valence-corrected chi connectivity index (χ4v) is 9.82. The van der Waals surface area contributed by atoms with Gasteiger partial charge in [-0.05, 0) is 98.8 Å². The number of nitrogens with zero attached hydrogens (tertiary/aromatic N) is 1. The van der Waals surface area contributed by atoms with Crippen LogP contribution in [0.3, 0.4) is 0 Å². The zero-order valence-corrected chi connectivity index (χ0v) is 24.6. The number of hydrogen-bond donors (Lipinski definition) is 3. The second kappa shape index (κ2) is 10.4. The summed E-state index contributed by atoms with van der Waals surface area (Å²) in [5.41, 5.74) is -0.750. The summed E-state index contributed by atoms with van der Waals surface area (Å²) in [6.07, 6.45) is 10.00. The highest BCUT2D eigenvalue weighted by Gasteiger charge is 2.71. The number of rotatable bonds is 7. The van der Waals surface area contributed by atoms with Gasteiger partial charge in [-0.1, -0.05) is 13.0 Å². The minimum absolute atomic E-state index is 0.0256. The van der Waals surface area contributed by atoms with Crippen LogP contribution in [0.5, 0.6) is 11.5 Å². The number of esters is 1. The molecule has 224 valence electrons. The van der Waals surface area contributed by atoms with Crippen molar-refractivity contribution in [1.82, 2.24) is 0 Å². The molecular weight excluding hydrogens is 522 g/mol. The van der Waals surface area contributed by atoms with Gasteiger partial charge in [0.05, 0.1) is 31.5 Å². The first kappa shape index (κ1) is 28.7. The zero-order chi connectivity index (χ0) is 29.0. The van der Waals surface area contributed by atoms with E-state index < -0.39 is 22.7 Å². The summed E-state index contributed by atoms with van der Waals surface area (Å²) in [6, 6.07) is 5.90. The van der Waals surface area contributed by atoms with E-state index in [1.807, 2.05) is 24.4 Å². The summed E-state index contributed by atoms with van der Waals surface area (Å²) in [4.78, 5) is 16.8. The largest absolute Gasteiger partial charge is 0.493 e. The Morgan fingerprint density at radius 3 is 2.54 bits per heavy atom. The minimum Gasteiger partial charge on any atom is -0.493 e. The molecule has 41 heavy (non-hydrogen) atoms. The number of ether oxygens (including phenoxy) is 3. The molecule has 3 N–H and O–H groups in total. The quantitative estimate of drug-likeness (QED) is 0.336. The fourth-order valence-electron chi connectivity index (χ4n) is 9.82. The first-order valence-electron chi connectivity index (χ1n) is 15.3. The molecule has 4 fully saturated rings. The van der Waals surface area contributed by atoms with E-state index in [0.717, 1.165) is 43.2 Å². The van der Waals surface area contributed by atoms with Gasteiger partial charge in [0.15, 0.2) is 11.5 Å². The summed E-state index contributed by atoms with van der Waals surface area (Å²) in [5.74, 6) is 1.33. The van der Waals surface area contributed by atoms with Crippen molar-refractivity contribution in [3.05, 3.63) is 35.4 Å². The fraction of sp³-hybridized carbons (Fsp3) is 0.697. The zero-order valence-electron chi connectivity index (χ0n) is 24.6. The average Bonchev–Trinajstić information content (AvgIpc) is 3.50. The molecule has 8 atom stereocenters. The molecule has 4 aliphatic carbocycles. The molecule has 0 aromatic heterocycles. The number of cyclic esters (lactones) is 1. The topological polar surface area (TPSA) is 118 Å². The molecule has 1 aliphatic heterocycles. The maximum Gasteiger partial charge on any atom is 0.331 e. The maximum absolute atomic E-state index is 12.6. The molecule has 8 heteroatoms. The number of aliphatic imine (C=N–C) groups is 1. The Kier molecular flexibility index (Phi) is 7.27. The van der Waals surface area contributed by atoms with Crippen LogP contribution < -0.4 is 9.47 Å². The Bertz CT molecular complexity index is 1250. The highest BCUT2D eigenvalue weighted by atomic mass is 16.5. The SMILES string of the molecule is COc1ccc(CCN=C[C@]23CC[C@H](O)C[C@]2(O)CC[C@@H]2[C@@H]3CC[C@]3(C)[C@H](C4=CC(=O)OC4)CC[C@]23O)cc1OC. The summed E-state index contributed by atoms with van der Waals surface area (Å²) < 4.78 is 16.1. The average molecular weight is 568 g/mol. The monoisotopic (exact) mass is 567 g/mol. The summed E-state index contributed by atoms with van der Waals surface area (Å²) in [5, 5.41) is 35.4. The Labute approximate surface area is 242 Å². The lowest BCUT2D eigenvalue weighted by Gasteiger charge is -2.65. The Balaban J connectivity index is 1.27. The van der Waals surface area contributed by atoms with E-state index in [4.69, 9.17) is 19.2 Å². The van der Waals surface area contributed by atoms with Gasteiger partial charge in [-0.25, -0.2) is 4.79 Å². The first-order valence-corrected chi connectivity index (χ1v) is 15.3. The number of aliphatic hydroxyl groups excluding tert-OH is 1. The molecular formula is C33H45NO7. The van der Waals surface area contributed by atoms with Crippen molar-refractivity contribution in [1.29, 1.82) is 0 Å². The number of carbonyl (C=O) groups is 1. The van der Waals surface area contributed by atoms with Crippen LogP contribution in [-0.4, -0.2) is 72.2 Å². The molecule has 0 unspecified atom stereocenters. The van der Waals surface area contributed by atoms with Crippen LogP contribution in [0.15, 0.2) is 34.8 Å². The van der Waals surface area contributed by atoms with Crippen molar-refractivity contribution in [3.63, 3.8) is 0 Å². The van der Waals surface area contributed by atoms with Crippen molar-refractivity contribution < 1.29 is 34.3 Å². The van der Waals surface area contributed by atoms with Crippen molar-refractivity contribution in [2.24, 2.45) is 33.6 Å². The third kappa shape index (κ3) is 4.35. The molecule has 6 rings (SSSR count). The normalized spacial score (nSPS) is 41.8. The summed E-state index contributed by atoms with van der Waals surface area (Å²) in [6.45, 7) is 3.11. The van der Waals surface area contributed by atoms with Gasteiger partial charge in [0.2, 0.25) is 0 Å². The second-order valence-electron chi connectivity index (χ2n) is 13.5. The lowest BCUT2D eigenvalue weighted by Crippen LogP contribution is -2.68. The maximum atomic E-state index is 12.6. The van der Waals surface area contributed by atoms with E-state index in [9.17, 15) is 20.1 Å². The van der Waals surface area contributed by atoms with Crippen LogP contribution in [0.4, 0.5) is 0 Å². The number of methoxy groups -OCH3 is 2. The van der Waals surface area contributed by atoms with Crippen molar-refractivity contribution in [2.75, 3.05) is 27.4 Å². The van der Waals surface area contributed by atoms with Crippen LogP contribution in [-0.2, 0) is 16.0 Å². The number of aliphatic hydroxyl groups is 3. The molecule has 1 heterocycles. The number of benzene rings is 1. The van der Waals surface area contributed by atoms with Gasteiger partial charge in [0.1, 0.15) is 6.61 Å². The Morgan fingerprint density at radius 1 is 1.02 bits per heavy atom. The van der Waals surface area contributed by atoms with E-state index in [1.165, 1.54) is 0 Å². The van der Waals surface area contributed by atoms with Crippen LogP contribution in [0.1, 0.15) is 70.3 Å². The third-order valence-corrected chi connectivity index (χ3v) is 11.9. The molecule has 0 saturated heterocycles. The lowest BCUT2D eigenvalue weighted by molar-refractivity contribution is -0.237. The highest BCUT2D eigenvalue weighted by molar-refractivity contribution is 5.85. The van der Waals surface area contributed by atoms with E-state index in [1.54, 1.807) is 20.3 Å². The minimum atomic E-state index is -1.05. The van der Waals surface area contributed by atoms with E-state index >= 15 is 0 Å². The van der Waals surface area contributed by atoms with E-state index in [0.29, 0.717) is 56.8 Å². The smallest absolute Gasteiger partial charge is 0.331 e. The molecule has 0 radical (unpaired) electrons. The number of carbonyl (C=O) groups excluding carboxylic acids is 1. The van der Waals surface area contributed by atoms with E-state index in [-0.39, 0.29) is 29.1 Å². The van der Waals surface area contributed by atoms with Crippen molar-refractivity contribution >= 4 is 12.2 Å². The molecule has 5 aliphatic rings. The molecule has 8 nitrogen and oxygen atoms in total. The predicted molar refractivity (Wildman–Crippen MR) is 154 cm³/mol. The van der Waals surface area contributed by atoms with Crippen LogP contribution in [0.2, 0.25) is 0 Å². The summed E-state index contributed by atoms with van der Waals surface area (Å²) >= 11 is 0. The number of fused-ring (bicyclic) bond motifs is 5. The molecule has 1 aromatic rings. The van der Waals surface area contributed by atoms with Crippen molar-refractivity contribution in [2.45, 2.75) is 88.4 Å². The molecule has 4 saturated carbocycles. The molecule has 0 amide bonds. The Hall–Kier alpha value is -2.42. The molecule has 0 spiro atoms. The van der Waals surface area contributed by atoms with Gasteiger partial charge in [-0.15, -0.1) is 0 Å². The van der Waals surface area contributed by atoms with Gasteiger partial charge >= 0.3 is 5.97 Å². The van der Waals surface area contributed by atoms with Gasteiger partial charge in [0.25, 0.3) is 0 Å². The van der Waals surface area contributed by atoms with Gasteiger partial charge in [-0.3, -0.25) is 4.99 Å². The lowest BCUT2D eigenvalue weighted by atomic mass is 9.41. The van der Waals surface area contributed by atoms with Gasteiger partial charge < -0.3 is 29.5 Å². The molecule has 0 bridgehead atoms. The van der Waals surface area contributed by atoms with Gasteiger partial charge in [0, 0.05) is 36.1 Å². The standard InChI is InChI=1S/C33H45NO7/c1-30-11-7-25-26(33(30,38)14-9-24(30)22-17-29(36)41-19-22)8-13-32(37)18-23(35)6-12-31(25,32)20-34-15-10-21-4-5-27(39-2)28(16-21)40-3/h4-5,16-17,20,23-26,35,37-38H,6-15,18-19H2,1-3H3/t23-,24-,25-,26+,30+,31-,32+,33-/m0/s1. The van der Waals surface area contributed by atoms with Crippen molar-refractivity contribution in [3.8, 4) is 11.5 Å². The first-order chi connectivity index (χ1) is 19.6. The van der Waals surface area contributed by atoms with Crippen LogP contribution in [0.25, 0.3) is 0 Å². The van der Waals surface area contributed by atoms with Gasteiger partial charge in [-0.2, -0.15) is 0 Å². The highest BCUT2D eigenvalue weighted by Crippen LogP contribution is 2.70. The van der Waals surface area contributed by atoms with Crippen LogP contribution >= 0.6 is 0 Å². The predicted octanol–water partition coefficient (Wildman–Crippen LogP) is 4.03. The van der Waals surface area contributed by atoms with E-state index in [2.05, 4.69) is 6.92 Å². The Morgan fingerprint density at radius 2 is 1.80 bits per heavy atom. The number of hydrogen-bond acceptors (Lipinski definition) is 8. The van der Waals surface area contributed by atoms with Crippen LogP contribution in [0, 0.1) is 28.6 Å².